The van der Waals surface area contributed by atoms with E-state index in [1.807, 2.05) is 0 Å². The second-order valence-electron chi connectivity index (χ2n) is 6.08. The highest BCUT2D eigenvalue weighted by Gasteiger charge is 2.23. The van der Waals surface area contributed by atoms with Crippen LogP contribution in [0.15, 0.2) is 33.7 Å². The van der Waals surface area contributed by atoms with Gasteiger partial charge in [0, 0.05) is 25.2 Å². The second-order valence-corrected chi connectivity index (χ2v) is 6.08. The Morgan fingerprint density at radius 2 is 1.29 bits per heavy atom. The summed E-state index contributed by atoms with van der Waals surface area (Å²) in [5.74, 6) is 0.517. The summed E-state index contributed by atoms with van der Waals surface area (Å²) in [4.78, 5) is 23.6. The van der Waals surface area contributed by atoms with E-state index in [4.69, 9.17) is 0 Å². The Labute approximate surface area is 138 Å². The van der Waals surface area contributed by atoms with Crippen LogP contribution >= 0.6 is 0 Å². The topological polar surface area (TPSA) is 110 Å². The largest absolute Gasteiger partial charge is 0.364 e. The van der Waals surface area contributed by atoms with Gasteiger partial charge in [-0.15, -0.1) is 0 Å². The van der Waals surface area contributed by atoms with E-state index in [1.54, 1.807) is 12.1 Å². The number of carbonyl (C=O) groups is 2. The number of nitrogens with one attached hydrogen (secondary N) is 2. The Hall–Kier alpha value is -2.64. The van der Waals surface area contributed by atoms with Crippen LogP contribution in [-0.4, -0.2) is 35.2 Å². The highest BCUT2D eigenvalue weighted by atomic mass is 16.5. The molecule has 1 fully saturated rings. The zero-order valence-corrected chi connectivity index (χ0v) is 13.2. The summed E-state index contributed by atoms with van der Waals surface area (Å²) >= 11 is 0. The normalized spacial score (nSPS) is 20.5. The third kappa shape index (κ3) is 4.21. The molecule has 3 rings (SSSR count). The number of nitrogens with zero attached hydrogens (tertiary/aromatic N) is 2. The maximum atomic E-state index is 11.8. The fraction of sp³-hybridized carbons (Fsp3) is 0.500. The molecule has 1 saturated carbocycles. The Balaban J connectivity index is 1.34. The van der Waals surface area contributed by atoms with Crippen LogP contribution in [0.1, 0.15) is 46.7 Å². The summed E-state index contributed by atoms with van der Waals surface area (Å²) in [6.45, 7) is 1.29. The zero-order chi connectivity index (χ0) is 16.8. The van der Waals surface area contributed by atoms with Gasteiger partial charge in [-0.05, 0) is 37.5 Å². The molecule has 2 aromatic rings. The molecule has 0 unspecified atom stereocenters. The van der Waals surface area contributed by atoms with Crippen LogP contribution < -0.4 is 10.6 Å². The van der Waals surface area contributed by atoms with Crippen molar-refractivity contribution in [1.82, 2.24) is 20.9 Å². The Bertz CT molecular complexity index is 587. The SMILES string of the molecule is O=C(NCC1CCC(CNC(=O)c2ccon2)CC1)c1ccon1. The van der Waals surface area contributed by atoms with E-state index in [2.05, 4.69) is 30.0 Å². The number of amides is 2. The minimum atomic E-state index is -0.203. The second kappa shape index (κ2) is 7.76. The molecule has 8 heteroatoms. The Kier molecular flexibility index (Phi) is 5.25. The lowest BCUT2D eigenvalue weighted by Gasteiger charge is -2.28. The van der Waals surface area contributed by atoms with E-state index in [9.17, 15) is 9.59 Å². The minimum absolute atomic E-state index is 0.203. The van der Waals surface area contributed by atoms with Crippen LogP contribution in [0.2, 0.25) is 0 Å². The first kappa shape index (κ1) is 16.2. The minimum Gasteiger partial charge on any atom is -0.364 e. The van der Waals surface area contributed by atoms with Crippen molar-refractivity contribution in [3.63, 3.8) is 0 Å². The Morgan fingerprint density at radius 1 is 0.875 bits per heavy atom. The highest BCUT2D eigenvalue weighted by molar-refractivity contribution is 5.92. The molecule has 24 heavy (non-hydrogen) atoms. The predicted octanol–water partition coefficient (Wildman–Crippen LogP) is 1.63. The van der Waals surface area contributed by atoms with Crippen molar-refractivity contribution in [3.8, 4) is 0 Å². The van der Waals surface area contributed by atoms with Crippen LogP contribution in [0.4, 0.5) is 0 Å². The van der Waals surface area contributed by atoms with Crippen molar-refractivity contribution >= 4 is 11.8 Å². The lowest BCUT2D eigenvalue weighted by Crippen LogP contribution is -2.34. The first-order chi connectivity index (χ1) is 11.7. The van der Waals surface area contributed by atoms with Gasteiger partial charge in [-0.1, -0.05) is 10.3 Å². The van der Waals surface area contributed by atoms with E-state index < -0.39 is 0 Å². The molecule has 2 N–H and O–H groups in total. The van der Waals surface area contributed by atoms with Crippen molar-refractivity contribution in [2.24, 2.45) is 11.8 Å². The van der Waals surface area contributed by atoms with Gasteiger partial charge < -0.3 is 19.7 Å². The summed E-state index contributed by atoms with van der Waals surface area (Å²) in [6, 6.07) is 3.09. The van der Waals surface area contributed by atoms with Crippen molar-refractivity contribution in [2.45, 2.75) is 25.7 Å². The smallest absolute Gasteiger partial charge is 0.273 e. The molecule has 1 aliphatic rings. The highest BCUT2D eigenvalue weighted by Crippen LogP contribution is 2.28. The molecule has 0 atom stereocenters. The van der Waals surface area contributed by atoms with Gasteiger partial charge in [0.2, 0.25) is 0 Å². The number of carbonyl (C=O) groups excluding carboxylic acids is 2. The number of hydrogen-bond acceptors (Lipinski definition) is 6. The van der Waals surface area contributed by atoms with Crippen LogP contribution in [0.5, 0.6) is 0 Å². The molecule has 2 aromatic heterocycles. The molecule has 0 spiro atoms. The third-order valence-electron chi connectivity index (χ3n) is 4.41. The molecule has 8 nitrogen and oxygen atoms in total. The van der Waals surface area contributed by atoms with Crippen LogP contribution in [0, 0.1) is 11.8 Å². The summed E-state index contributed by atoms with van der Waals surface area (Å²) in [5, 5.41) is 13.0. The molecular weight excluding hydrogens is 312 g/mol. The summed E-state index contributed by atoms with van der Waals surface area (Å²) in [7, 11) is 0. The zero-order valence-electron chi connectivity index (χ0n) is 13.2. The van der Waals surface area contributed by atoms with E-state index >= 15 is 0 Å². The number of aromatic nitrogens is 2. The third-order valence-corrected chi connectivity index (χ3v) is 4.41. The number of hydrogen-bond donors (Lipinski definition) is 2. The van der Waals surface area contributed by atoms with E-state index in [0.29, 0.717) is 36.3 Å². The fourth-order valence-electron chi connectivity index (χ4n) is 2.95. The van der Waals surface area contributed by atoms with Crippen molar-refractivity contribution in [2.75, 3.05) is 13.1 Å². The molecule has 0 bridgehead atoms. The van der Waals surface area contributed by atoms with Crippen LogP contribution in [0.3, 0.4) is 0 Å². The molecule has 2 amide bonds. The van der Waals surface area contributed by atoms with Gasteiger partial charge in [0.1, 0.15) is 12.5 Å². The molecule has 0 aliphatic heterocycles. The quantitative estimate of drug-likeness (QED) is 0.832. The van der Waals surface area contributed by atoms with Crippen molar-refractivity contribution in [1.29, 1.82) is 0 Å². The monoisotopic (exact) mass is 332 g/mol. The van der Waals surface area contributed by atoms with E-state index in [-0.39, 0.29) is 11.8 Å². The van der Waals surface area contributed by atoms with Gasteiger partial charge in [0.05, 0.1) is 0 Å². The molecule has 0 aromatic carbocycles. The fourth-order valence-corrected chi connectivity index (χ4v) is 2.95. The average molecular weight is 332 g/mol. The number of rotatable bonds is 6. The van der Waals surface area contributed by atoms with Gasteiger partial charge in [-0.2, -0.15) is 0 Å². The van der Waals surface area contributed by atoms with Gasteiger partial charge >= 0.3 is 0 Å². The maximum absolute atomic E-state index is 11.8. The molecular formula is C16H20N4O4. The lowest BCUT2D eigenvalue weighted by molar-refractivity contribution is 0.0914. The van der Waals surface area contributed by atoms with Crippen molar-refractivity contribution < 1.29 is 18.6 Å². The van der Waals surface area contributed by atoms with Crippen LogP contribution in [0.25, 0.3) is 0 Å². The molecule has 0 saturated heterocycles. The first-order valence-electron chi connectivity index (χ1n) is 8.09. The lowest BCUT2D eigenvalue weighted by atomic mass is 9.82. The van der Waals surface area contributed by atoms with Crippen LogP contribution in [-0.2, 0) is 0 Å². The summed E-state index contributed by atoms with van der Waals surface area (Å²) in [5.41, 5.74) is 0.610. The van der Waals surface area contributed by atoms with Gasteiger partial charge in [-0.3, -0.25) is 9.59 Å². The molecule has 2 heterocycles. The molecule has 0 radical (unpaired) electrons. The van der Waals surface area contributed by atoms with Crippen molar-refractivity contribution in [3.05, 3.63) is 36.0 Å². The maximum Gasteiger partial charge on any atom is 0.273 e. The van der Waals surface area contributed by atoms with Gasteiger partial charge in [-0.25, -0.2) is 0 Å². The Morgan fingerprint density at radius 3 is 1.62 bits per heavy atom. The summed E-state index contributed by atoms with van der Waals surface area (Å²) < 4.78 is 9.32. The van der Waals surface area contributed by atoms with E-state index in [0.717, 1.165) is 25.7 Å². The summed E-state index contributed by atoms with van der Waals surface area (Å²) in [6.07, 6.45) is 6.89. The average Bonchev–Trinajstić information content (AvgIpc) is 3.32. The molecule has 128 valence electrons. The van der Waals surface area contributed by atoms with Gasteiger partial charge in [0.15, 0.2) is 11.4 Å². The standard InChI is InChI=1S/C16H20N4O4/c21-15(13-5-7-23-19-13)17-9-11-1-2-12(4-3-11)10-18-16(22)14-6-8-24-20-14/h5-8,11-12H,1-4,9-10H2,(H,17,21)(H,18,22). The first-order valence-corrected chi connectivity index (χ1v) is 8.09. The predicted molar refractivity (Wildman–Crippen MR) is 83.1 cm³/mol. The van der Waals surface area contributed by atoms with Gasteiger partial charge in [0.25, 0.3) is 11.8 Å². The van der Waals surface area contributed by atoms with E-state index in [1.165, 1.54) is 12.5 Å². The molecule has 1 aliphatic carbocycles.